The number of rotatable bonds is 9. The molecule has 0 spiro atoms. The molecule has 0 radical (unpaired) electrons. The molecule has 0 aliphatic rings. The van der Waals surface area contributed by atoms with Gasteiger partial charge in [0.2, 0.25) is 0 Å². The molecule has 0 aromatic heterocycles. The molecule has 0 amide bonds. The van der Waals surface area contributed by atoms with E-state index in [-0.39, 0.29) is 13.2 Å². The topological polar surface area (TPSA) is 46.9 Å². The van der Waals surface area contributed by atoms with Crippen molar-refractivity contribution in [3.63, 3.8) is 0 Å². The van der Waals surface area contributed by atoms with E-state index in [2.05, 4.69) is 41.3 Å². The molecule has 0 aliphatic heterocycles. The van der Waals surface area contributed by atoms with Crippen molar-refractivity contribution in [1.29, 1.82) is 0 Å². The van der Waals surface area contributed by atoms with Crippen molar-refractivity contribution < 1.29 is 10.2 Å². The third-order valence-electron chi connectivity index (χ3n) is 4.10. The Morgan fingerprint density at radius 2 is 1.12 bits per heavy atom. The molecule has 138 valence electrons. The molecule has 0 unspecified atom stereocenters. The number of benzene rings is 2. The first kappa shape index (κ1) is 19.8. The summed E-state index contributed by atoms with van der Waals surface area (Å²) in [5.41, 5.74) is 4.46. The monoisotopic (exact) mass is 352 g/mol. The highest BCUT2D eigenvalue weighted by Gasteiger charge is 2.04. The van der Waals surface area contributed by atoms with Crippen molar-refractivity contribution in [3.8, 4) is 0 Å². The standard InChI is InChI=1S/C22H28N2O2/c1-23(2)21-11-7-19(8-12-21)5-3-4-6-20-9-13-22(14-10-20)24(15-17-25)16-18-26/h3-14,25-26H,15-18H2,1-2H3/b5-3+,6-4+. The molecule has 0 atom stereocenters. The summed E-state index contributed by atoms with van der Waals surface area (Å²) in [6.07, 6.45) is 8.18. The van der Waals surface area contributed by atoms with Gasteiger partial charge in [0.1, 0.15) is 0 Å². The molecule has 2 rings (SSSR count). The molecule has 0 heterocycles. The van der Waals surface area contributed by atoms with Gasteiger partial charge in [0.05, 0.1) is 13.2 Å². The summed E-state index contributed by atoms with van der Waals surface area (Å²) in [5, 5.41) is 18.2. The van der Waals surface area contributed by atoms with E-state index in [4.69, 9.17) is 10.2 Å². The highest BCUT2D eigenvalue weighted by atomic mass is 16.3. The van der Waals surface area contributed by atoms with Crippen LogP contribution in [0.15, 0.2) is 60.7 Å². The van der Waals surface area contributed by atoms with E-state index >= 15 is 0 Å². The van der Waals surface area contributed by atoms with Crippen molar-refractivity contribution in [2.24, 2.45) is 0 Å². The van der Waals surface area contributed by atoms with E-state index in [9.17, 15) is 0 Å². The van der Waals surface area contributed by atoms with Crippen molar-refractivity contribution in [1.82, 2.24) is 0 Å². The van der Waals surface area contributed by atoms with Crippen LogP contribution in [0.4, 0.5) is 11.4 Å². The molecule has 0 saturated heterocycles. The van der Waals surface area contributed by atoms with Crippen LogP contribution in [-0.4, -0.2) is 50.6 Å². The van der Waals surface area contributed by atoms with Gasteiger partial charge in [0.15, 0.2) is 0 Å². The van der Waals surface area contributed by atoms with Crippen LogP contribution in [0.2, 0.25) is 0 Å². The average Bonchev–Trinajstić information content (AvgIpc) is 2.66. The minimum atomic E-state index is 0.0714. The highest BCUT2D eigenvalue weighted by molar-refractivity contribution is 5.61. The molecule has 4 nitrogen and oxygen atoms in total. The molecule has 4 heteroatoms. The second kappa shape index (κ2) is 10.4. The maximum Gasteiger partial charge on any atom is 0.0606 e. The van der Waals surface area contributed by atoms with Gasteiger partial charge in [-0.15, -0.1) is 0 Å². The molecular weight excluding hydrogens is 324 g/mol. The maximum absolute atomic E-state index is 9.11. The molecule has 2 N–H and O–H groups in total. The van der Waals surface area contributed by atoms with Gasteiger partial charge in [-0.05, 0) is 35.4 Å². The molecule has 0 saturated carbocycles. The summed E-state index contributed by atoms with van der Waals surface area (Å²) in [4.78, 5) is 4.05. The molecule has 2 aromatic rings. The van der Waals surface area contributed by atoms with Crippen molar-refractivity contribution in [2.45, 2.75) is 0 Å². The molecule has 0 fully saturated rings. The quantitative estimate of drug-likeness (QED) is 0.680. The van der Waals surface area contributed by atoms with Crippen molar-refractivity contribution in [3.05, 3.63) is 71.8 Å². The van der Waals surface area contributed by atoms with E-state index in [1.165, 1.54) is 11.3 Å². The zero-order chi connectivity index (χ0) is 18.8. The number of hydrogen-bond acceptors (Lipinski definition) is 4. The Balaban J connectivity index is 1.95. The second-order valence-corrected chi connectivity index (χ2v) is 6.23. The fraction of sp³-hybridized carbons (Fsp3) is 0.273. The normalized spacial score (nSPS) is 11.4. The number of aliphatic hydroxyl groups is 2. The van der Waals surface area contributed by atoms with E-state index in [0.717, 1.165) is 11.3 Å². The van der Waals surface area contributed by atoms with Crippen molar-refractivity contribution in [2.75, 3.05) is 50.2 Å². The van der Waals surface area contributed by atoms with E-state index < -0.39 is 0 Å². The first-order chi connectivity index (χ1) is 12.6. The number of aliphatic hydroxyl groups excluding tert-OH is 2. The Morgan fingerprint density at radius 3 is 1.50 bits per heavy atom. The molecular formula is C22H28N2O2. The lowest BCUT2D eigenvalue weighted by atomic mass is 10.1. The Labute approximate surface area is 156 Å². The maximum atomic E-state index is 9.11. The fourth-order valence-electron chi connectivity index (χ4n) is 2.62. The zero-order valence-electron chi connectivity index (χ0n) is 15.5. The molecule has 0 bridgehead atoms. The lowest BCUT2D eigenvalue weighted by molar-refractivity contribution is 0.281. The summed E-state index contributed by atoms with van der Waals surface area (Å²) in [6, 6.07) is 16.5. The summed E-state index contributed by atoms with van der Waals surface area (Å²) < 4.78 is 0. The lowest BCUT2D eigenvalue weighted by Gasteiger charge is -2.22. The zero-order valence-corrected chi connectivity index (χ0v) is 15.5. The first-order valence-corrected chi connectivity index (χ1v) is 8.83. The third-order valence-corrected chi connectivity index (χ3v) is 4.10. The first-order valence-electron chi connectivity index (χ1n) is 8.83. The predicted molar refractivity (Wildman–Crippen MR) is 112 cm³/mol. The smallest absolute Gasteiger partial charge is 0.0606 e. The van der Waals surface area contributed by atoms with Gasteiger partial charge >= 0.3 is 0 Å². The number of hydrogen-bond donors (Lipinski definition) is 2. The van der Waals surface area contributed by atoms with Crippen LogP contribution < -0.4 is 9.80 Å². The third kappa shape index (κ3) is 6.06. The van der Waals surface area contributed by atoms with Crippen LogP contribution in [0.1, 0.15) is 11.1 Å². The van der Waals surface area contributed by atoms with E-state index in [1.54, 1.807) is 0 Å². The van der Waals surface area contributed by atoms with Crippen LogP contribution in [-0.2, 0) is 0 Å². The summed E-state index contributed by atoms with van der Waals surface area (Å²) >= 11 is 0. The largest absolute Gasteiger partial charge is 0.395 e. The summed E-state index contributed by atoms with van der Waals surface area (Å²) in [7, 11) is 4.07. The van der Waals surface area contributed by atoms with Gasteiger partial charge in [-0.1, -0.05) is 48.6 Å². The van der Waals surface area contributed by atoms with Gasteiger partial charge < -0.3 is 20.0 Å². The minimum absolute atomic E-state index is 0.0714. The van der Waals surface area contributed by atoms with E-state index in [1.807, 2.05) is 55.4 Å². The van der Waals surface area contributed by atoms with Crippen molar-refractivity contribution >= 4 is 23.5 Å². The number of allylic oxidation sites excluding steroid dienone is 2. The number of nitrogens with zero attached hydrogens (tertiary/aromatic N) is 2. The molecule has 26 heavy (non-hydrogen) atoms. The van der Waals surface area contributed by atoms with Gasteiger partial charge in [-0.25, -0.2) is 0 Å². The average molecular weight is 352 g/mol. The van der Waals surface area contributed by atoms with Gasteiger partial charge in [0, 0.05) is 38.6 Å². The number of anilines is 2. The van der Waals surface area contributed by atoms with Gasteiger partial charge in [-0.2, -0.15) is 0 Å². The summed E-state index contributed by atoms with van der Waals surface area (Å²) in [6.45, 7) is 1.18. The Morgan fingerprint density at radius 1 is 0.692 bits per heavy atom. The second-order valence-electron chi connectivity index (χ2n) is 6.23. The Bertz CT molecular complexity index is 698. The predicted octanol–water partition coefficient (Wildman–Crippen LogP) is 3.27. The Kier molecular flexibility index (Phi) is 7.93. The highest BCUT2D eigenvalue weighted by Crippen LogP contribution is 2.16. The van der Waals surface area contributed by atoms with E-state index in [0.29, 0.717) is 13.1 Å². The van der Waals surface area contributed by atoms with Crippen LogP contribution in [0.3, 0.4) is 0 Å². The van der Waals surface area contributed by atoms with Crippen LogP contribution in [0.5, 0.6) is 0 Å². The fourth-order valence-corrected chi connectivity index (χ4v) is 2.62. The van der Waals surface area contributed by atoms with Crippen LogP contribution in [0, 0.1) is 0 Å². The molecule has 0 aliphatic carbocycles. The van der Waals surface area contributed by atoms with Gasteiger partial charge in [0.25, 0.3) is 0 Å². The van der Waals surface area contributed by atoms with Crippen LogP contribution >= 0.6 is 0 Å². The lowest BCUT2D eigenvalue weighted by Crippen LogP contribution is -2.29. The SMILES string of the molecule is CN(C)c1ccc(/C=C/C=C/c2ccc(N(CCO)CCO)cc2)cc1. The van der Waals surface area contributed by atoms with Crippen LogP contribution in [0.25, 0.3) is 12.2 Å². The molecule has 2 aromatic carbocycles. The summed E-state index contributed by atoms with van der Waals surface area (Å²) in [5.74, 6) is 0. The minimum Gasteiger partial charge on any atom is -0.395 e. The van der Waals surface area contributed by atoms with Gasteiger partial charge in [-0.3, -0.25) is 0 Å². The Hall–Kier alpha value is -2.56.